The average Bonchev–Trinajstić information content (AvgIpc) is 3.05. The third kappa shape index (κ3) is 5.15. The van der Waals surface area contributed by atoms with E-state index in [1.54, 1.807) is 44.2 Å². The Morgan fingerprint density at radius 2 is 1.74 bits per heavy atom. The minimum absolute atomic E-state index is 0.165. The van der Waals surface area contributed by atoms with Crippen LogP contribution in [0.15, 0.2) is 60.7 Å². The van der Waals surface area contributed by atoms with Gasteiger partial charge in [0.15, 0.2) is 5.79 Å². The van der Waals surface area contributed by atoms with Gasteiger partial charge in [0.1, 0.15) is 6.10 Å². The van der Waals surface area contributed by atoms with E-state index in [4.69, 9.17) is 14.2 Å². The number of ether oxygens (including phenoxy) is 3. The first-order valence-electron chi connectivity index (χ1n) is 8.84. The van der Waals surface area contributed by atoms with Crippen LogP contribution in [0.2, 0.25) is 0 Å². The summed E-state index contributed by atoms with van der Waals surface area (Å²) in [5, 5.41) is 2.81. The predicted molar refractivity (Wildman–Crippen MR) is 98.8 cm³/mol. The minimum atomic E-state index is -1.11. The maximum absolute atomic E-state index is 12.8. The second kappa shape index (κ2) is 8.33. The predicted octanol–water partition coefficient (Wildman–Crippen LogP) is 2.68. The molecular weight excluding hydrogens is 346 g/mol. The number of hydrogen-bond acceptors (Lipinski definition) is 5. The van der Waals surface area contributed by atoms with Crippen molar-refractivity contribution >= 4 is 11.9 Å². The Hall–Kier alpha value is -2.70. The Bertz CT molecular complexity index is 776. The number of carbonyl (C=O) groups is 2. The van der Waals surface area contributed by atoms with Crippen molar-refractivity contribution in [3.63, 3.8) is 0 Å². The second-order valence-electron chi connectivity index (χ2n) is 6.76. The molecule has 142 valence electrons. The molecule has 1 saturated heterocycles. The fraction of sp³-hybridized carbons (Fsp3) is 0.333. The van der Waals surface area contributed by atoms with Crippen LogP contribution in [0.5, 0.6) is 0 Å². The quantitative estimate of drug-likeness (QED) is 0.793. The van der Waals surface area contributed by atoms with Crippen molar-refractivity contribution in [2.75, 3.05) is 6.61 Å². The van der Waals surface area contributed by atoms with Crippen molar-refractivity contribution in [3.05, 3.63) is 71.8 Å². The number of benzene rings is 2. The molecule has 27 heavy (non-hydrogen) atoms. The Labute approximate surface area is 158 Å². The molecule has 0 radical (unpaired) electrons. The first kappa shape index (κ1) is 19.1. The van der Waals surface area contributed by atoms with Gasteiger partial charge < -0.3 is 19.5 Å². The molecule has 2 aromatic rings. The van der Waals surface area contributed by atoms with E-state index >= 15 is 0 Å². The molecule has 1 N–H and O–H groups in total. The molecule has 0 bridgehead atoms. The molecule has 1 unspecified atom stereocenters. The molecule has 2 atom stereocenters. The molecule has 1 heterocycles. The Balaban J connectivity index is 1.71. The second-order valence-corrected chi connectivity index (χ2v) is 6.76. The standard InChI is InChI=1S/C21H23NO5/c1-21(2)25-14-17(27-21)18(26-20(24)16-11-7-4-8-12-16)19(23)22-13-15-9-5-3-6-10-15/h3-12,17-18H,13-14H2,1-2H3,(H,22,23)/t17-,18?/m1/s1. The zero-order valence-electron chi connectivity index (χ0n) is 15.4. The monoisotopic (exact) mass is 369 g/mol. The first-order valence-corrected chi connectivity index (χ1v) is 8.84. The molecule has 1 fully saturated rings. The van der Waals surface area contributed by atoms with E-state index in [0.29, 0.717) is 12.1 Å². The highest BCUT2D eigenvalue weighted by Gasteiger charge is 2.42. The highest BCUT2D eigenvalue weighted by atomic mass is 16.8. The summed E-state index contributed by atoms with van der Waals surface area (Å²) in [5.74, 6) is -1.83. The maximum atomic E-state index is 12.8. The molecule has 1 aliphatic rings. The summed E-state index contributed by atoms with van der Waals surface area (Å²) in [4.78, 5) is 25.2. The summed E-state index contributed by atoms with van der Waals surface area (Å²) in [6.45, 7) is 4.00. The number of carbonyl (C=O) groups excluding carboxylic acids is 2. The molecule has 1 aliphatic heterocycles. The van der Waals surface area contributed by atoms with E-state index in [2.05, 4.69) is 5.32 Å². The molecular formula is C21H23NO5. The van der Waals surface area contributed by atoms with E-state index < -0.39 is 29.9 Å². The minimum Gasteiger partial charge on any atom is -0.446 e. The SMILES string of the molecule is CC1(C)OC[C@H](C(OC(=O)c2ccccc2)C(=O)NCc2ccccc2)O1. The van der Waals surface area contributed by atoms with Crippen molar-refractivity contribution in [1.29, 1.82) is 0 Å². The highest BCUT2D eigenvalue weighted by Crippen LogP contribution is 2.26. The van der Waals surface area contributed by atoms with Gasteiger partial charge in [0.2, 0.25) is 6.10 Å². The molecule has 0 saturated carbocycles. The van der Waals surface area contributed by atoms with Crippen LogP contribution in [0.3, 0.4) is 0 Å². The summed E-state index contributed by atoms with van der Waals surface area (Å²) in [7, 11) is 0. The molecule has 0 aliphatic carbocycles. The van der Waals surface area contributed by atoms with Gasteiger partial charge >= 0.3 is 5.97 Å². The number of nitrogens with one attached hydrogen (secondary N) is 1. The Morgan fingerprint density at radius 1 is 1.11 bits per heavy atom. The van der Waals surface area contributed by atoms with Crippen LogP contribution in [0.1, 0.15) is 29.8 Å². The third-order valence-corrected chi connectivity index (χ3v) is 4.18. The zero-order valence-corrected chi connectivity index (χ0v) is 15.4. The van der Waals surface area contributed by atoms with Crippen molar-refractivity contribution < 1.29 is 23.8 Å². The fourth-order valence-corrected chi connectivity index (χ4v) is 2.81. The smallest absolute Gasteiger partial charge is 0.339 e. The largest absolute Gasteiger partial charge is 0.446 e. The molecule has 6 heteroatoms. The van der Waals surface area contributed by atoms with E-state index in [-0.39, 0.29) is 6.61 Å². The lowest BCUT2D eigenvalue weighted by Crippen LogP contribution is -2.46. The van der Waals surface area contributed by atoms with Crippen LogP contribution in [0, 0.1) is 0 Å². The summed E-state index contributed by atoms with van der Waals surface area (Å²) < 4.78 is 16.8. The number of amides is 1. The first-order chi connectivity index (χ1) is 12.9. The Morgan fingerprint density at radius 3 is 2.33 bits per heavy atom. The van der Waals surface area contributed by atoms with Crippen molar-refractivity contribution in [3.8, 4) is 0 Å². The molecule has 1 amide bonds. The van der Waals surface area contributed by atoms with Gasteiger partial charge in [-0.05, 0) is 31.5 Å². The maximum Gasteiger partial charge on any atom is 0.339 e. The van der Waals surface area contributed by atoms with Gasteiger partial charge in [0.05, 0.1) is 12.2 Å². The van der Waals surface area contributed by atoms with E-state index in [0.717, 1.165) is 5.56 Å². The van der Waals surface area contributed by atoms with Crippen molar-refractivity contribution in [2.24, 2.45) is 0 Å². The summed E-state index contributed by atoms with van der Waals surface area (Å²) >= 11 is 0. The number of hydrogen-bond donors (Lipinski definition) is 1. The molecule has 2 aromatic carbocycles. The summed E-state index contributed by atoms with van der Waals surface area (Å²) in [5.41, 5.74) is 1.32. The summed E-state index contributed by atoms with van der Waals surface area (Å²) in [6.07, 6.45) is -1.79. The van der Waals surface area contributed by atoms with Crippen LogP contribution in [0.4, 0.5) is 0 Å². The van der Waals surface area contributed by atoms with Crippen LogP contribution in [-0.2, 0) is 25.5 Å². The zero-order chi connectivity index (χ0) is 19.3. The van der Waals surface area contributed by atoms with E-state index in [1.807, 2.05) is 30.3 Å². The average molecular weight is 369 g/mol. The van der Waals surface area contributed by atoms with Gasteiger partial charge in [0.25, 0.3) is 5.91 Å². The van der Waals surface area contributed by atoms with Crippen molar-refractivity contribution in [1.82, 2.24) is 5.32 Å². The lowest BCUT2D eigenvalue weighted by atomic mass is 10.1. The van der Waals surface area contributed by atoms with Gasteiger partial charge in [-0.1, -0.05) is 48.5 Å². The topological polar surface area (TPSA) is 73.9 Å². The fourth-order valence-electron chi connectivity index (χ4n) is 2.81. The third-order valence-electron chi connectivity index (χ3n) is 4.18. The van der Waals surface area contributed by atoms with Gasteiger partial charge in [-0.2, -0.15) is 0 Å². The van der Waals surface area contributed by atoms with Gasteiger partial charge in [-0.3, -0.25) is 4.79 Å². The molecule has 0 spiro atoms. The van der Waals surface area contributed by atoms with Gasteiger partial charge in [-0.25, -0.2) is 4.79 Å². The van der Waals surface area contributed by atoms with Crippen LogP contribution in [0.25, 0.3) is 0 Å². The summed E-state index contributed by atoms with van der Waals surface area (Å²) in [6, 6.07) is 18.1. The van der Waals surface area contributed by atoms with E-state index in [1.165, 1.54) is 0 Å². The molecule has 6 nitrogen and oxygen atoms in total. The lowest BCUT2D eigenvalue weighted by molar-refractivity contribution is -0.159. The van der Waals surface area contributed by atoms with E-state index in [9.17, 15) is 9.59 Å². The van der Waals surface area contributed by atoms with Gasteiger partial charge in [0, 0.05) is 6.54 Å². The molecule has 3 rings (SSSR count). The van der Waals surface area contributed by atoms with Crippen molar-refractivity contribution in [2.45, 2.75) is 38.4 Å². The molecule has 0 aromatic heterocycles. The normalized spacial score (nSPS) is 19.3. The lowest BCUT2D eigenvalue weighted by Gasteiger charge is -2.23. The van der Waals surface area contributed by atoms with Crippen LogP contribution in [-0.4, -0.2) is 36.5 Å². The van der Waals surface area contributed by atoms with Crippen LogP contribution < -0.4 is 5.32 Å². The highest BCUT2D eigenvalue weighted by molar-refractivity contribution is 5.92. The Kier molecular flexibility index (Phi) is 5.88. The number of esters is 1. The van der Waals surface area contributed by atoms with Crippen LogP contribution >= 0.6 is 0 Å². The number of rotatable bonds is 6. The van der Waals surface area contributed by atoms with Gasteiger partial charge in [-0.15, -0.1) is 0 Å².